The van der Waals surface area contributed by atoms with Crippen LogP contribution in [0.5, 0.6) is 5.75 Å². The molecule has 2 N–H and O–H groups in total. The highest BCUT2D eigenvalue weighted by atomic mass is 16.6. The molecule has 28 heavy (non-hydrogen) atoms. The zero-order chi connectivity index (χ0) is 20.1. The molecule has 2 aromatic carbocycles. The number of carbonyl (C=O) groups is 2. The molecule has 6 nitrogen and oxygen atoms in total. The van der Waals surface area contributed by atoms with Crippen molar-refractivity contribution in [2.45, 2.75) is 44.4 Å². The Labute approximate surface area is 163 Å². The molecule has 0 spiro atoms. The lowest BCUT2D eigenvalue weighted by atomic mass is 9.66. The van der Waals surface area contributed by atoms with Gasteiger partial charge >= 0.3 is 5.97 Å². The number of rotatable bonds is 6. The Balaban J connectivity index is 1.51. The van der Waals surface area contributed by atoms with Crippen molar-refractivity contribution < 1.29 is 24.2 Å². The summed E-state index contributed by atoms with van der Waals surface area (Å²) < 4.78 is 11.4. The smallest absolute Gasteiger partial charge is 0.339 e. The molecule has 4 unspecified atom stereocenters. The third-order valence-electron chi connectivity index (χ3n) is 6.20. The zero-order valence-electron chi connectivity index (χ0n) is 16.3. The molecule has 4 rings (SSSR count). The Hall–Kier alpha value is -2.60. The first-order valence-electron chi connectivity index (χ1n) is 9.65. The van der Waals surface area contributed by atoms with Crippen LogP contribution in [0.25, 0.3) is 10.8 Å². The van der Waals surface area contributed by atoms with E-state index in [2.05, 4.69) is 5.32 Å². The van der Waals surface area contributed by atoms with Crippen LogP contribution in [-0.2, 0) is 14.3 Å². The van der Waals surface area contributed by atoms with E-state index in [-0.39, 0.29) is 11.8 Å². The van der Waals surface area contributed by atoms with Crippen LogP contribution in [0.15, 0.2) is 42.5 Å². The van der Waals surface area contributed by atoms with Gasteiger partial charge in [0.2, 0.25) is 11.4 Å². The minimum atomic E-state index is -1.37. The van der Waals surface area contributed by atoms with E-state index in [4.69, 9.17) is 9.47 Å². The van der Waals surface area contributed by atoms with Crippen LogP contribution in [0.3, 0.4) is 0 Å². The second-order valence-electron chi connectivity index (χ2n) is 8.15. The fraction of sp³-hybridized carbons (Fsp3) is 0.455. The van der Waals surface area contributed by atoms with E-state index >= 15 is 0 Å². The highest BCUT2D eigenvalue weighted by Crippen LogP contribution is 2.52. The number of nitrogens with one attached hydrogen (secondary N) is 1. The number of aliphatic hydroxyl groups excluding tert-OH is 1. The molecule has 1 amide bonds. The highest BCUT2D eigenvalue weighted by molar-refractivity contribution is 6.01. The molecule has 148 valence electrons. The van der Waals surface area contributed by atoms with Crippen LogP contribution in [0.2, 0.25) is 0 Å². The van der Waals surface area contributed by atoms with Gasteiger partial charge in [-0.25, -0.2) is 4.79 Å². The Kier molecular flexibility index (Phi) is 4.34. The fourth-order valence-corrected chi connectivity index (χ4v) is 4.57. The molecular formula is C22H25NO5. The minimum absolute atomic E-state index is 0.196. The Morgan fingerprint density at radius 2 is 1.89 bits per heavy atom. The number of hydrogen-bond acceptors (Lipinski definition) is 5. The van der Waals surface area contributed by atoms with Crippen molar-refractivity contribution in [2.24, 2.45) is 11.8 Å². The van der Waals surface area contributed by atoms with E-state index in [1.165, 1.54) is 0 Å². The first-order valence-corrected chi connectivity index (χ1v) is 9.65. The summed E-state index contributed by atoms with van der Waals surface area (Å²) in [6, 6.07) is 13.8. The molecule has 0 radical (unpaired) electrons. The van der Waals surface area contributed by atoms with Gasteiger partial charge in [-0.1, -0.05) is 50.2 Å². The average molecular weight is 383 g/mol. The molecule has 2 aliphatic rings. The lowest BCUT2D eigenvalue weighted by molar-refractivity contribution is -0.238. The quantitative estimate of drug-likeness (QED) is 0.749. The second kappa shape index (κ2) is 6.48. The van der Waals surface area contributed by atoms with Crippen molar-refractivity contribution in [1.82, 2.24) is 5.32 Å². The first kappa shape index (κ1) is 18.7. The number of amides is 1. The maximum Gasteiger partial charge on any atom is 0.339 e. The summed E-state index contributed by atoms with van der Waals surface area (Å²) in [5.41, 5.74) is -2.45. The summed E-state index contributed by atoms with van der Waals surface area (Å²) in [7, 11) is 0. The number of ether oxygens (including phenoxy) is 2. The van der Waals surface area contributed by atoms with Gasteiger partial charge in [0.25, 0.3) is 0 Å². The summed E-state index contributed by atoms with van der Waals surface area (Å²) >= 11 is 0. The number of aliphatic hydroxyl groups is 1. The number of carbonyl (C=O) groups excluding carboxylic acids is 2. The normalized spacial score (nSPS) is 29.8. The summed E-state index contributed by atoms with van der Waals surface area (Å²) in [4.78, 5) is 25.0. The second-order valence-corrected chi connectivity index (χ2v) is 8.15. The van der Waals surface area contributed by atoms with Gasteiger partial charge in [-0.15, -0.1) is 0 Å². The van der Waals surface area contributed by atoms with E-state index in [0.29, 0.717) is 13.0 Å². The largest absolute Gasteiger partial charge is 0.493 e. The van der Waals surface area contributed by atoms with Gasteiger partial charge in [0.15, 0.2) is 5.60 Å². The SMILES string of the molecule is CC(C)C(O)C12NC(=O)C(CCOc3cccc4ccccc34)C1(C)OC2=O. The van der Waals surface area contributed by atoms with Gasteiger partial charge in [0, 0.05) is 5.39 Å². The van der Waals surface area contributed by atoms with Gasteiger partial charge in [0.05, 0.1) is 18.6 Å². The molecule has 0 saturated carbocycles. The molecule has 4 atom stereocenters. The third-order valence-corrected chi connectivity index (χ3v) is 6.20. The Bertz CT molecular complexity index is 936. The highest BCUT2D eigenvalue weighted by Gasteiger charge is 2.79. The van der Waals surface area contributed by atoms with Crippen molar-refractivity contribution in [2.75, 3.05) is 6.61 Å². The molecular weight excluding hydrogens is 358 g/mol. The lowest BCUT2D eigenvalue weighted by Crippen LogP contribution is -2.79. The Morgan fingerprint density at radius 3 is 2.61 bits per heavy atom. The number of hydrogen-bond donors (Lipinski definition) is 2. The van der Waals surface area contributed by atoms with Crippen molar-refractivity contribution in [1.29, 1.82) is 0 Å². The van der Waals surface area contributed by atoms with Crippen molar-refractivity contribution >= 4 is 22.6 Å². The van der Waals surface area contributed by atoms with E-state index in [1.54, 1.807) is 6.92 Å². The van der Waals surface area contributed by atoms with Crippen LogP contribution in [-0.4, -0.2) is 40.8 Å². The van der Waals surface area contributed by atoms with E-state index < -0.39 is 29.1 Å². The maximum atomic E-state index is 12.7. The summed E-state index contributed by atoms with van der Waals surface area (Å²) in [6.45, 7) is 5.65. The summed E-state index contributed by atoms with van der Waals surface area (Å²) in [5.74, 6) is -0.871. The topological polar surface area (TPSA) is 84.9 Å². The van der Waals surface area contributed by atoms with Gasteiger partial charge in [0.1, 0.15) is 5.75 Å². The molecule has 0 bridgehead atoms. The molecule has 2 fully saturated rings. The van der Waals surface area contributed by atoms with Crippen molar-refractivity contribution in [3.05, 3.63) is 42.5 Å². The van der Waals surface area contributed by atoms with Crippen molar-refractivity contribution in [3.8, 4) is 5.75 Å². The van der Waals surface area contributed by atoms with Crippen LogP contribution in [0.4, 0.5) is 0 Å². The minimum Gasteiger partial charge on any atom is -0.493 e. The summed E-state index contributed by atoms with van der Waals surface area (Å²) in [5, 5.41) is 15.5. The van der Waals surface area contributed by atoms with Crippen LogP contribution in [0.1, 0.15) is 27.2 Å². The molecule has 2 aromatic rings. The third kappa shape index (κ3) is 2.44. The molecule has 0 aliphatic carbocycles. The maximum absolute atomic E-state index is 12.7. The predicted molar refractivity (Wildman–Crippen MR) is 104 cm³/mol. The lowest BCUT2D eigenvalue weighted by Gasteiger charge is -2.54. The summed E-state index contributed by atoms with van der Waals surface area (Å²) in [6.07, 6.45) is -0.627. The number of fused-ring (bicyclic) bond motifs is 2. The fourth-order valence-electron chi connectivity index (χ4n) is 4.57. The van der Waals surface area contributed by atoms with E-state index in [0.717, 1.165) is 16.5 Å². The molecule has 2 aliphatic heterocycles. The number of esters is 1. The van der Waals surface area contributed by atoms with Crippen LogP contribution < -0.4 is 10.1 Å². The van der Waals surface area contributed by atoms with Gasteiger partial charge in [-0.2, -0.15) is 0 Å². The number of benzene rings is 2. The molecule has 2 saturated heterocycles. The van der Waals surface area contributed by atoms with E-state index in [1.807, 2.05) is 56.3 Å². The van der Waals surface area contributed by atoms with Crippen LogP contribution in [0, 0.1) is 11.8 Å². The monoisotopic (exact) mass is 383 g/mol. The Morgan fingerprint density at radius 1 is 1.18 bits per heavy atom. The van der Waals surface area contributed by atoms with E-state index in [9.17, 15) is 14.7 Å². The standard InChI is InChI=1S/C22H25NO5/c1-13(2)18(24)22-20(26)28-21(22,3)16(19(25)23-22)11-12-27-17-10-6-8-14-7-4-5-9-15(14)17/h4-10,13,16,18,24H,11-12H2,1-3H3,(H,23,25). The molecule has 0 aromatic heterocycles. The predicted octanol–water partition coefficient (Wildman–Crippen LogP) is 2.43. The van der Waals surface area contributed by atoms with Crippen LogP contribution >= 0.6 is 0 Å². The molecule has 6 heteroatoms. The van der Waals surface area contributed by atoms with Crippen molar-refractivity contribution in [3.63, 3.8) is 0 Å². The zero-order valence-corrected chi connectivity index (χ0v) is 16.3. The first-order chi connectivity index (χ1) is 13.3. The van der Waals surface area contributed by atoms with Gasteiger partial charge in [-0.05, 0) is 30.7 Å². The molecule has 2 heterocycles. The van der Waals surface area contributed by atoms with Gasteiger partial charge < -0.3 is 19.9 Å². The van der Waals surface area contributed by atoms with Gasteiger partial charge in [-0.3, -0.25) is 4.79 Å². The average Bonchev–Trinajstić information content (AvgIpc) is 2.85.